The van der Waals surface area contributed by atoms with Gasteiger partial charge in [-0.05, 0) is 24.3 Å². The molecule has 2 aromatic carbocycles. The Kier molecular flexibility index (Phi) is 5.77. The Bertz CT molecular complexity index is 976. The summed E-state index contributed by atoms with van der Waals surface area (Å²) in [6.07, 6.45) is 0. The molecule has 0 bridgehead atoms. The Balaban J connectivity index is 1.57. The molecular weight excluding hydrogens is 399 g/mol. The van der Waals surface area contributed by atoms with Crippen LogP contribution in [0.4, 0.5) is 15.8 Å². The van der Waals surface area contributed by atoms with Gasteiger partial charge in [-0.1, -0.05) is 0 Å². The monoisotopic (exact) mass is 418 g/mol. The number of hydrogen-bond donors (Lipinski definition) is 0. The number of esters is 1. The molecule has 10 heteroatoms. The summed E-state index contributed by atoms with van der Waals surface area (Å²) in [5.74, 6) is -0.997. The van der Waals surface area contributed by atoms with Crippen LogP contribution in [-0.4, -0.2) is 44.0 Å². The van der Waals surface area contributed by atoms with Crippen molar-refractivity contribution < 1.29 is 33.1 Å². The number of carbonyl (C=O) groups excluding carboxylic acids is 1. The number of morpholine rings is 1. The molecule has 9 nitrogen and oxygen atoms in total. The van der Waals surface area contributed by atoms with Crippen molar-refractivity contribution in [1.29, 1.82) is 0 Å². The van der Waals surface area contributed by atoms with E-state index in [1.807, 2.05) is 4.90 Å². The van der Waals surface area contributed by atoms with Crippen molar-refractivity contribution in [2.24, 2.45) is 0 Å². The van der Waals surface area contributed by atoms with Crippen LogP contribution in [0, 0.1) is 15.9 Å². The zero-order valence-electron chi connectivity index (χ0n) is 16.0. The lowest BCUT2D eigenvalue weighted by atomic mass is 10.1. The molecule has 0 saturated carbocycles. The molecule has 4 rings (SSSR count). The highest BCUT2D eigenvalue weighted by atomic mass is 19.1. The molecule has 0 N–H and O–H groups in total. The van der Waals surface area contributed by atoms with E-state index in [1.54, 1.807) is 6.07 Å². The Morgan fingerprint density at radius 1 is 1.20 bits per heavy atom. The molecule has 0 atom stereocenters. The van der Waals surface area contributed by atoms with Crippen molar-refractivity contribution in [2.45, 2.75) is 13.2 Å². The lowest BCUT2D eigenvalue weighted by Gasteiger charge is -2.29. The molecule has 0 aromatic heterocycles. The number of halogens is 1. The maximum atomic E-state index is 13.9. The molecule has 0 spiro atoms. The van der Waals surface area contributed by atoms with Gasteiger partial charge in [-0.3, -0.25) is 10.1 Å². The number of anilines is 1. The second-order valence-corrected chi connectivity index (χ2v) is 6.80. The standard InChI is InChI=1S/C20H19FN2O7/c21-15-7-13-10-28-12-30-19(13)14(8-15)11-29-20(24)17-9-16(1-2-18(17)23(25)26)22-3-5-27-6-4-22/h1-2,7-9H,3-6,10-12H2. The van der Waals surface area contributed by atoms with Crippen molar-refractivity contribution in [3.63, 3.8) is 0 Å². The van der Waals surface area contributed by atoms with Gasteiger partial charge >= 0.3 is 5.97 Å². The highest BCUT2D eigenvalue weighted by Crippen LogP contribution is 2.31. The highest BCUT2D eigenvalue weighted by Gasteiger charge is 2.25. The minimum absolute atomic E-state index is 0.00659. The van der Waals surface area contributed by atoms with Crippen LogP contribution in [-0.2, 0) is 27.4 Å². The molecule has 1 fully saturated rings. The van der Waals surface area contributed by atoms with E-state index < -0.39 is 16.7 Å². The first kappa shape index (κ1) is 20.0. The minimum Gasteiger partial charge on any atom is -0.467 e. The number of hydrogen-bond acceptors (Lipinski definition) is 8. The predicted octanol–water partition coefficient (Wildman–Crippen LogP) is 2.79. The molecule has 1 saturated heterocycles. The number of carbonyl (C=O) groups is 1. The van der Waals surface area contributed by atoms with Crippen LogP contribution in [0.25, 0.3) is 0 Å². The first-order chi connectivity index (χ1) is 14.5. The fourth-order valence-electron chi connectivity index (χ4n) is 3.45. The lowest BCUT2D eigenvalue weighted by Crippen LogP contribution is -2.36. The Hall–Kier alpha value is -3.24. The van der Waals surface area contributed by atoms with Gasteiger partial charge in [0.2, 0.25) is 0 Å². The molecule has 2 aliphatic heterocycles. The number of nitro groups is 1. The third-order valence-electron chi connectivity index (χ3n) is 4.88. The quantitative estimate of drug-likeness (QED) is 0.415. The molecule has 0 radical (unpaired) electrons. The van der Waals surface area contributed by atoms with E-state index in [-0.39, 0.29) is 31.3 Å². The van der Waals surface area contributed by atoms with Gasteiger partial charge in [-0.2, -0.15) is 0 Å². The maximum absolute atomic E-state index is 13.9. The largest absolute Gasteiger partial charge is 0.467 e. The van der Waals surface area contributed by atoms with Crippen LogP contribution >= 0.6 is 0 Å². The smallest absolute Gasteiger partial charge is 0.345 e. The SMILES string of the molecule is O=C(OCc1cc(F)cc2c1OCOC2)c1cc(N2CCOCC2)ccc1[N+](=O)[O-]. The summed E-state index contributed by atoms with van der Waals surface area (Å²) in [5.41, 5.74) is 0.974. The van der Waals surface area contributed by atoms with E-state index in [0.29, 0.717) is 48.9 Å². The van der Waals surface area contributed by atoms with E-state index in [0.717, 1.165) is 0 Å². The summed E-state index contributed by atoms with van der Waals surface area (Å²) in [6, 6.07) is 6.81. The van der Waals surface area contributed by atoms with Gasteiger partial charge in [0.05, 0.1) is 24.7 Å². The predicted molar refractivity (Wildman–Crippen MR) is 102 cm³/mol. The van der Waals surface area contributed by atoms with Gasteiger partial charge in [0.1, 0.15) is 23.7 Å². The number of nitro benzene ring substituents is 1. The second-order valence-electron chi connectivity index (χ2n) is 6.80. The summed E-state index contributed by atoms with van der Waals surface area (Å²) in [5, 5.41) is 11.4. The van der Waals surface area contributed by atoms with Crippen molar-refractivity contribution in [2.75, 3.05) is 38.0 Å². The average molecular weight is 418 g/mol. The Labute approximate surface area is 171 Å². The van der Waals surface area contributed by atoms with Crippen molar-refractivity contribution in [3.05, 3.63) is 63.0 Å². The Morgan fingerprint density at radius 3 is 2.77 bits per heavy atom. The van der Waals surface area contributed by atoms with Crippen LogP contribution in [0.15, 0.2) is 30.3 Å². The number of benzene rings is 2. The minimum atomic E-state index is -0.873. The molecule has 2 aromatic rings. The van der Waals surface area contributed by atoms with E-state index >= 15 is 0 Å². The van der Waals surface area contributed by atoms with Gasteiger partial charge < -0.3 is 23.8 Å². The topological polar surface area (TPSA) is 100 Å². The normalized spacial score (nSPS) is 15.8. The summed E-state index contributed by atoms with van der Waals surface area (Å²) in [6.45, 7) is 2.18. The number of rotatable bonds is 5. The van der Waals surface area contributed by atoms with Crippen LogP contribution in [0.5, 0.6) is 5.75 Å². The first-order valence-electron chi connectivity index (χ1n) is 9.33. The van der Waals surface area contributed by atoms with Crippen LogP contribution in [0.3, 0.4) is 0 Å². The third-order valence-corrected chi connectivity index (χ3v) is 4.88. The van der Waals surface area contributed by atoms with Crippen molar-refractivity contribution in [3.8, 4) is 5.75 Å². The second kappa shape index (κ2) is 8.64. The van der Waals surface area contributed by atoms with Crippen LogP contribution < -0.4 is 9.64 Å². The maximum Gasteiger partial charge on any atom is 0.345 e. The van der Waals surface area contributed by atoms with Gasteiger partial charge in [0.25, 0.3) is 5.69 Å². The molecule has 0 aliphatic carbocycles. The first-order valence-corrected chi connectivity index (χ1v) is 9.33. The molecule has 0 amide bonds. The summed E-state index contributed by atoms with van der Waals surface area (Å²) in [7, 11) is 0. The zero-order valence-corrected chi connectivity index (χ0v) is 16.0. The van der Waals surface area contributed by atoms with Crippen molar-refractivity contribution >= 4 is 17.3 Å². The van der Waals surface area contributed by atoms with E-state index in [2.05, 4.69) is 0 Å². The fourth-order valence-corrected chi connectivity index (χ4v) is 3.45. The summed E-state index contributed by atoms with van der Waals surface area (Å²) < 4.78 is 35.0. The number of fused-ring (bicyclic) bond motifs is 1. The van der Waals surface area contributed by atoms with Gasteiger partial charge in [-0.25, -0.2) is 9.18 Å². The number of ether oxygens (including phenoxy) is 4. The van der Waals surface area contributed by atoms with Crippen LogP contribution in [0.1, 0.15) is 21.5 Å². The zero-order chi connectivity index (χ0) is 21.1. The van der Waals surface area contributed by atoms with Gasteiger partial charge in [0, 0.05) is 36.0 Å². The van der Waals surface area contributed by atoms with E-state index in [1.165, 1.54) is 24.3 Å². The molecule has 2 heterocycles. The van der Waals surface area contributed by atoms with Gasteiger partial charge in [-0.15, -0.1) is 0 Å². The summed E-state index contributed by atoms with van der Waals surface area (Å²) in [4.78, 5) is 25.4. The molecule has 158 valence electrons. The van der Waals surface area contributed by atoms with E-state index in [9.17, 15) is 19.3 Å². The fraction of sp³-hybridized carbons (Fsp3) is 0.350. The Morgan fingerprint density at radius 2 is 2.00 bits per heavy atom. The van der Waals surface area contributed by atoms with Crippen molar-refractivity contribution in [1.82, 2.24) is 0 Å². The molecule has 0 unspecified atom stereocenters. The highest BCUT2D eigenvalue weighted by molar-refractivity contribution is 5.95. The molecule has 30 heavy (non-hydrogen) atoms. The average Bonchev–Trinajstić information content (AvgIpc) is 2.77. The van der Waals surface area contributed by atoms with Gasteiger partial charge in [0.15, 0.2) is 6.79 Å². The molecular formula is C20H19FN2O7. The van der Waals surface area contributed by atoms with E-state index in [4.69, 9.17) is 18.9 Å². The summed E-state index contributed by atoms with van der Waals surface area (Å²) >= 11 is 0. The number of nitrogens with zero attached hydrogens (tertiary/aromatic N) is 2. The van der Waals surface area contributed by atoms with Crippen LogP contribution in [0.2, 0.25) is 0 Å². The molecule has 2 aliphatic rings. The lowest BCUT2D eigenvalue weighted by molar-refractivity contribution is -0.385. The third kappa shape index (κ3) is 4.19.